The van der Waals surface area contributed by atoms with Gasteiger partial charge in [-0.25, -0.2) is 5.43 Å². The number of halogens is 3. The summed E-state index contributed by atoms with van der Waals surface area (Å²) in [7, 11) is 0. The summed E-state index contributed by atoms with van der Waals surface area (Å²) in [5.41, 5.74) is 5.04. The number of nitrogens with zero attached hydrogens (tertiary/aromatic N) is 1. The molecule has 21 heavy (non-hydrogen) atoms. The summed E-state index contributed by atoms with van der Waals surface area (Å²) in [6.07, 6.45) is -1.02. The first-order valence-electron chi connectivity index (χ1n) is 6.39. The summed E-state index contributed by atoms with van der Waals surface area (Å²) in [4.78, 5) is 4.01. The Hall–Kier alpha value is -1.92. The Kier molecular flexibility index (Phi) is 4.29. The Morgan fingerprint density at radius 2 is 1.76 bits per heavy atom. The number of hydrogen-bond donors (Lipinski definition) is 2. The smallest absolute Gasteiger partial charge is 0.271 e. The molecule has 112 valence electrons. The van der Waals surface area contributed by atoms with Crippen LogP contribution in [-0.2, 0) is 6.18 Å². The second-order valence-corrected chi connectivity index (χ2v) is 4.90. The number of aromatic nitrogens is 1. The molecule has 0 spiro atoms. The van der Waals surface area contributed by atoms with Crippen molar-refractivity contribution in [3.63, 3.8) is 0 Å². The van der Waals surface area contributed by atoms with Crippen LogP contribution >= 0.6 is 0 Å². The first-order chi connectivity index (χ1) is 9.84. The summed E-state index contributed by atoms with van der Waals surface area (Å²) < 4.78 is 38.2. The average Bonchev–Trinajstić information content (AvgIpc) is 2.42. The molecule has 6 heteroatoms. The van der Waals surface area contributed by atoms with Crippen LogP contribution in [0.5, 0.6) is 0 Å². The van der Waals surface area contributed by atoms with Crippen molar-refractivity contribution in [1.82, 2.24) is 10.4 Å². The fourth-order valence-corrected chi connectivity index (χ4v) is 2.33. The molecule has 2 aromatic rings. The Balaban J connectivity index is 2.47. The quantitative estimate of drug-likeness (QED) is 0.675. The zero-order valence-electron chi connectivity index (χ0n) is 11.7. The number of rotatable bonds is 3. The van der Waals surface area contributed by atoms with Gasteiger partial charge in [0.05, 0.1) is 11.6 Å². The van der Waals surface area contributed by atoms with E-state index in [0.717, 1.165) is 23.3 Å². The van der Waals surface area contributed by atoms with Gasteiger partial charge in [0.2, 0.25) is 0 Å². The molecule has 0 fully saturated rings. The highest BCUT2D eigenvalue weighted by molar-refractivity contribution is 5.41. The van der Waals surface area contributed by atoms with Crippen molar-refractivity contribution >= 4 is 0 Å². The molecular formula is C15H16F3N3. The molecule has 3 nitrogen and oxygen atoms in total. The number of alkyl halides is 3. The Morgan fingerprint density at radius 3 is 2.29 bits per heavy atom. The van der Waals surface area contributed by atoms with Gasteiger partial charge >= 0.3 is 6.18 Å². The Morgan fingerprint density at radius 1 is 1.10 bits per heavy atom. The van der Waals surface area contributed by atoms with Crippen molar-refractivity contribution in [2.24, 2.45) is 5.84 Å². The number of nitrogens with one attached hydrogen (secondary N) is 1. The molecule has 0 saturated heterocycles. The Bertz CT molecular complexity index is 638. The van der Waals surface area contributed by atoms with E-state index in [1.165, 1.54) is 6.07 Å². The summed E-state index contributed by atoms with van der Waals surface area (Å²) in [5, 5.41) is 0. The maximum absolute atomic E-state index is 12.7. The number of aryl methyl sites for hydroxylation is 2. The first kappa shape index (κ1) is 15.5. The number of hydrogen-bond acceptors (Lipinski definition) is 3. The largest absolute Gasteiger partial charge is 0.416 e. The fourth-order valence-electron chi connectivity index (χ4n) is 2.33. The minimum absolute atomic E-state index is 0.379. The molecule has 1 aromatic heterocycles. The molecule has 0 saturated carbocycles. The van der Waals surface area contributed by atoms with Crippen LogP contribution in [0, 0.1) is 13.8 Å². The van der Waals surface area contributed by atoms with Gasteiger partial charge in [0, 0.05) is 12.4 Å². The summed E-state index contributed by atoms with van der Waals surface area (Å²) in [6.45, 7) is 3.53. The van der Waals surface area contributed by atoms with Gasteiger partial charge in [0.25, 0.3) is 0 Å². The van der Waals surface area contributed by atoms with E-state index in [0.29, 0.717) is 11.1 Å². The standard InChI is InChI=1S/C15H16F3N3/c1-9-7-11(15(16,17)18)3-4-12(9)14(21-19)13-5-6-20-8-10(13)2/h3-8,14,21H,19H2,1-2H3. The first-order valence-corrected chi connectivity index (χ1v) is 6.39. The van der Waals surface area contributed by atoms with Crippen LogP contribution in [0.15, 0.2) is 36.7 Å². The molecular weight excluding hydrogens is 279 g/mol. The zero-order chi connectivity index (χ0) is 15.6. The maximum atomic E-state index is 12.7. The van der Waals surface area contributed by atoms with Crippen LogP contribution in [0.3, 0.4) is 0 Å². The van der Waals surface area contributed by atoms with Gasteiger partial charge in [-0.05, 0) is 54.3 Å². The van der Waals surface area contributed by atoms with Gasteiger partial charge in [-0.1, -0.05) is 6.07 Å². The van der Waals surface area contributed by atoms with E-state index in [1.807, 2.05) is 6.92 Å². The van der Waals surface area contributed by atoms with Gasteiger partial charge in [0.15, 0.2) is 0 Å². The summed E-state index contributed by atoms with van der Waals surface area (Å²) >= 11 is 0. The van der Waals surface area contributed by atoms with Crippen molar-refractivity contribution in [2.45, 2.75) is 26.1 Å². The van der Waals surface area contributed by atoms with Crippen LogP contribution in [0.2, 0.25) is 0 Å². The summed E-state index contributed by atoms with van der Waals surface area (Å²) in [5.74, 6) is 5.61. The lowest BCUT2D eigenvalue weighted by Crippen LogP contribution is -2.30. The second-order valence-electron chi connectivity index (χ2n) is 4.90. The molecule has 1 atom stereocenters. The zero-order valence-corrected chi connectivity index (χ0v) is 11.7. The van der Waals surface area contributed by atoms with E-state index in [9.17, 15) is 13.2 Å². The molecule has 1 aromatic carbocycles. The van der Waals surface area contributed by atoms with Gasteiger partial charge in [-0.2, -0.15) is 13.2 Å². The number of pyridine rings is 1. The molecule has 0 radical (unpaired) electrons. The predicted octanol–water partition coefficient (Wildman–Crippen LogP) is 3.27. The van der Waals surface area contributed by atoms with Crippen LogP contribution < -0.4 is 11.3 Å². The van der Waals surface area contributed by atoms with Crippen LogP contribution in [0.25, 0.3) is 0 Å². The molecule has 0 aliphatic rings. The lowest BCUT2D eigenvalue weighted by Gasteiger charge is -2.21. The third-order valence-electron chi connectivity index (χ3n) is 3.45. The van der Waals surface area contributed by atoms with Crippen molar-refractivity contribution in [2.75, 3.05) is 0 Å². The van der Waals surface area contributed by atoms with E-state index < -0.39 is 11.7 Å². The second kappa shape index (κ2) is 5.83. The lowest BCUT2D eigenvalue weighted by atomic mass is 9.92. The molecule has 0 aliphatic heterocycles. The lowest BCUT2D eigenvalue weighted by molar-refractivity contribution is -0.137. The highest BCUT2D eigenvalue weighted by Crippen LogP contribution is 2.33. The normalized spacial score (nSPS) is 13.2. The predicted molar refractivity (Wildman–Crippen MR) is 74.3 cm³/mol. The molecule has 0 aliphatic carbocycles. The minimum Gasteiger partial charge on any atom is -0.271 e. The van der Waals surface area contributed by atoms with E-state index in [4.69, 9.17) is 5.84 Å². The van der Waals surface area contributed by atoms with Crippen molar-refractivity contribution in [1.29, 1.82) is 0 Å². The molecule has 1 heterocycles. The van der Waals surface area contributed by atoms with E-state index in [2.05, 4.69) is 10.4 Å². The minimum atomic E-state index is -4.35. The SMILES string of the molecule is Cc1cnccc1C(NN)c1ccc(C(F)(F)F)cc1C. The van der Waals surface area contributed by atoms with Crippen molar-refractivity contribution in [3.05, 3.63) is 64.5 Å². The average molecular weight is 295 g/mol. The molecule has 3 N–H and O–H groups in total. The van der Waals surface area contributed by atoms with E-state index >= 15 is 0 Å². The Labute approximate surface area is 121 Å². The van der Waals surface area contributed by atoms with Gasteiger partial charge in [0.1, 0.15) is 0 Å². The number of nitrogens with two attached hydrogens (primary N) is 1. The van der Waals surface area contributed by atoms with Crippen molar-refractivity contribution in [3.8, 4) is 0 Å². The van der Waals surface area contributed by atoms with Crippen LogP contribution in [-0.4, -0.2) is 4.98 Å². The molecule has 2 rings (SSSR count). The number of benzene rings is 1. The molecule has 1 unspecified atom stereocenters. The highest BCUT2D eigenvalue weighted by atomic mass is 19.4. The van der Waals surface area contributed by atoms with E-state index in [1.54, 1.807) is 25.4 Å². The fraction of sp³-hybridized carbons (Fsp3) is 0.267. The summed E-state index contributed by atoms with van der Waals surface area (Å²) in [6, 6.07) is 5.09. The topological polar surface area (TPSA) is 50.9 Å². The van der Waals surface area contributed by atoms with Crippen LogP contribution in [0.4, 0.5) is 13.2 Å². The third kappa shape index (κ3) is 3.22. The van der Waals surface area contributed by atoms with Crippen LogP contribution in [0.1, 0.15) is 33.9 Å². The van der Waals surface area contributed by atoms with Gasteiger partial charge < -0.3 is 0 Å². The molecule has 0 bridgehead atoms. The molecule has 0 amide bonds. The van der Waals surface area contributed by atoms with E-state index in [-0.39, 0.29) is 6.04 Å². The highest BCUT2D eigenvalue weighted by Gasteiger charge is 2.31. The third-order valence-corrected chi connectivity index (χ3v) is 3.45. The monoisotopic (exact) mass is 295 g/mol. The van der Waals surface area contributed by atoms with Gasteiger partial charge in [-0.3, -0.25) is 10.8 Å². The van der Waals surface area contributed by atoms with Gasteiger partial charge in [-0.15, -0.1) is 0 Å². The number of hydrazine groups is 1. The van der Waals surface area contributed by atoms with Crippen molar-refractivity contribution < 1.29 is 13.2 Å². The maximum Gasteiger partial charge on any atom is 0.416 e.